The van der Waals surface area contributed by atoms with Gasteiger partial charge >= 0.3 is 34.9 Å². The topological polar surface area (TPSA) is 222 Å². The zero-order valence-electron chi connectivity index (χ0n) is 24.6. The van der Waals surface area contributed by atoms with Crippen molar-refractivity contribution in [3.05, 3.63) is 94.5 Å². The van der Waals surface area contributed by atoms with Gasteiger partial charge in [-0.2, -0.15) is 9.29 Å². The third-order valence-electron chi connectivity index (χ3n) is 6.97. The van der Waals surface area contributed by atoms with E-state index < -0.39 is 66.1 Å². The highest BCUT2D eigenvalue weighted by Gasteiger charge is 2.44. The minimum absolute atomic E-state index is 0.101. The first-order valence-electron chi connectivity index (χ1n) is 14.2. The van der Waals surface area contributed by atoms with E-state index in [9.17, 15) is 38.0 Å². The number of esters is 1. The summed E-state index contributed by atoms with van der Waals surface area (Å²) in [6.07, 6.45) is -2.82. The molecule has 2 fully saturated rings. The molecule has 3 N–H and O–H groups in total. The van der Waals surface area contributed by atoms with Gasteiger partial charge in [0.25, 0.3) is 0 Å². The van der Waals surface area contributed by atoms with Crippen molar-refractivity contribution in [3.8, 4) is 0 Å². The average Bonchev–Trinajstić information content (AvgIpc) is 3.42. The van der Waals surface area contributed by atoms with Crippen LogP contribution < -0.4 is 10.6 Å². The molecule has 0 spiro atoms. The summed E-state index contributed by atoms with van der Waals surface area (Å²) in [5, 5.41) is 0. The maximum absolute atomic E-state index is 13.0. The minimum atomic E-state index is -5.64. The maximum atomic E-state index is 13.0. The second-order valence-corrected chi connectivity index (χ2v) is 15.5. The lowest BCUT2D eigenvalue weighted by molar-refractivity contribution is -0.0511. The molecule has 3 aromatic rings. The smallest absolute Gasteiger partial charge is 0.456 e. The van der Waals surface area contributed by atoms with Crippen molar-refractivity contribution < 1.29 is 60.5 Å². The summed E-state index contributed by atoms with van der Waals surface area (Å²) in [5.74, 6) is -0.323. The van der Waals surface area contributed by atoms with Gasteiger partial charge in [-0.05, 0) is 23.8 Å². The summed E-state index contributed by atoms with van der Waals surface area (Å²) in [5.41, 5.74) is -0.189. The molecule has 3 heterocycles. The number of morpholine rings is 1. The lowest BCUT2D eigenvalue weighted by atomic mass is 10.1. The van der Waals surface area contributed by atoms with Crippen molar-refractivity contribution in [2.24, 2.45) is 0 Å². The lowest BCUT2D eigenvalue weighted by Crippen LogP contribution is -2.38. The Bertz CT molecular complexity index is 1740. The number of nitrogens with zero attached hydrogens (tertiary/aromatic N) is 3. The Morgan fingerprint density at radius 2 is 1.57 bits per heavy atom. The van der Waals surface area contributed by atoms with Crippen LogP contribution in [-0.4, -0.2) is 75.3 Å². The number of ether oxygens (including phenoxy) is 3. The van der Waals surface area contributed by atoms with Gasteiger partial charge in [0.1, 0.15) is 24.3 Å². The molecule has 0 amide bonds. The minimum Gasteiger partial charge on any atom is -0.456 e. The molecule has 47 heavy (non-hydrogen) atoms. The number of carbonyl (C=O) groups excluding carboxylic acids is 1. The van der Waals surface area contributed by atoms with E-state index in [-0.39, 0.29) is 17.5 Å². The van der Waals surface area contributed by atoms with Gasteiger partial charge in [-0.3, -0.25) is 13.7 Å². The molecular formula is C27H32N3O14P3. The lowest BCUT2D eigenvalue weighted by Gasteiger charge is -2.27. The molecule has 2 aliphatic heterocycles. The van der Waals surface area contributed by atoms with Crippen molar-refractivity contribution in [1.82, 2.24) is 9.55 Å². The van der Waals surface area contributed by atoms with Crippen LogP contribution in [0.2, 0.25) is 0 Å². The number of hydrogen-bond acceptors (Lipinski definition) is 13. The quantitative estimate of drug-likeness (QED) is 0.171. The van der Waals surface area contributed by atoms with Crippen molar-refractivity contribution >= 4 is 35.0 Å². The predicted octanol–water partition coefficient (Wildman–Crippen LogP) is 3.23. The van der Waals surface area contributed by atoms with Gasteiger partial charge in [0.15, 0.2) is 0 Å². The Hall–Kier alpha value is -3.04. The maximum Gasteiger partial charge on any atom is 0.488 e. The van der Waals surface area contributed by atoms with E-state index in [4.69, 9.17) is 18.7 Å². The summed E-state index contributed by atoms with van der Waals surface area (Å²) in [7, 11) is -15.9. The zero-order valence-corrected chi connectivity index (χ0v) is 27.3. The second-order valence-electron chi connectivity index (χ2n) is 10.4. The number of rotatable bonds is 13. The van der Waals surface area contributed by atoms with Gasteiger partial charge in [-0.1, -0.05) is 48.5 Å². The second kappa shape index (κ2) is 15.0. The molecule has 17 nitrogen and oxygen atoms in total. The van der Waals surface area contributed by atoms with Crippen LogP contribution in [-0.2, 0) is 47.2 Å². The zero-order chi connectivity index (χ0) is 33.7. The van der Waals surface area contributed by atoms with E-state index in [0.29, 0.717) is 32.1 Å². The van der Waals surface area contributed by atoms with Crippen LogP contribution in [0.4, 0.5) is 5.82 Å². The monoisotopic (exact) mass is 715 g/mol. The van der Waals surface area contributed by atoms with Gasteiger partial charge in [-0.15, -0.1) is 0 Å². The van der Waals surface area contributed by atoms with E-state index in [1.807, 2.05) is 4.90 Å². The van der Waals surface area contributed by atoms with Crippen molar-refractivity contribution in [2.45, 2.75) is 31.0 Å². The first kappa shape index (κ1) is 35.3. The highest BCUT2D eigenvalue weighted by atomic mass is 31.3. The number of carbonyl (C=O) groups is 1. The number of phosphoric ester groups is 1. The predicted molar refractivity (Wildman–Crippen MR) is 163 cm³/mol. The molecule has 0 saturated carbocycles. The van der Waals surface area contributed by atoms with Crippen molar-refractivity contribution in [1.29, 1.82) is 0 Å². The van der Waals surface area contributed by atoms with E-state index in [1.54, 1.807) is 42.5 Å². The normalized spacial score (nSPS) is 23.7. The number of benzene rings is 2. The van der Waals surface area contributed by atoms with Gasteiger partial charge < -0.3 is 33.8 Å². The SMILES string of the molecule is O=C(OC1C[C@H](n2ccc(N3CCOCC3)nc2=O)O[C@@H]1COP(=O)(O)OP(=O)(O)OP(=O)(O)Cc1ccccc1)c1ccccc1. The summed E-state index contributed by atoms with van der Waals surface area (Å²) >= 11 is 0. The van der Waals surface area contributed by atoms with E-state index in [0.717, 1.165) is 4.57 Å². The molecule has 2 aromatic carbocycles. The molecule has 2 aliphatic rings. The highest BCUT2D eigenvalue weighted by Crippen LogP contribution is 2.68. The molecule has 5 rings (SSSR count). The Labute approximate surface area is 268 Å². The molecule has 0 bridgehead atoms. The van der Waals surface area contributed by atoms with Crippen LogP contribution in [0, 0.1) is 0 Å². The first-order valence-corrected chi connectivity index (χ1v) is 19.0. The van der Waals surface area contributed by atoms with Gasteiger partial charge in [0.05, 0.1) is 31.5 Å². The number of hydrogen-bond donors (Lipinski definition) is 3. The molecule has 6 atom stereocenters. The Morgan fingerprint density at radius 1 is 0.915 bits per heavy atom. The fourth-order valence-corrected chi connectivity index (χ4v) is 9.00. The first-order chi connectivity index (χ1) is 22.3. The molecule has 4 unspecified atom stereocenters. The van der Waals surface area contributed by atoms with E-state index >= 15 is 0 Å². The van der Waals surface area contributed by atoms with Crippen LogP contribution in [0.25, 0.3) is 0 Å². The Kier molecular flexibility index (Phi) is 11.3. The fourth-order valence-electron chi connectivity index (χ4n) is 4.86. The average molecular weight is 715 g/mol. The summed E-state index contributed by atoms with van der Waals surface area (Å²) < 4.78 is 68.9. The summed E-state index contributed by atoms with van der Waals surface area (Å²) in [6.45, 7) is 1.22. The van der Waals surface area contributed by atoms with Crippen molar-refractivity contribution in [2.75, 3.05) is 37.8 Å². The molecule has 254 valence electrons. The van der Waals surface area contributed by atoms with Gasteiger partial charge in [0.2, 0.25) is 0 Å². The molecule has 0 radical (unpaired) electrons. The van der Waals surface area contributed by atoms with Crippen molar-refractivity contribution in [3.63, 3.8) is 0 Å². The standard InChI is InChI=1S/C27H32N3O14P3/c31-26(21-9-5-2-6-10-21)42-22-17-25(30-12-11-24(28-27(30)32)29-13-15-39-16-14-29)41-23(22)18-40-46(35,36)44-47(37,38)43-45(33,34)19-20-7-3-1-4-8-20/h1-12,22-23,25H,13-19H2,(H,33,34)(H,35,36)(H,37,38)/t22?,23-,25-/m1/s1. The number of phosphoric acid groups is 2. The number of anilines is 1. The summed E-state index contributed by atoms with van der Waals surface area (Å²) in [6, 6.07) is 17.3. The molecule has 1 aromatic heterocycles. The van der Waals surface area contributed by atoms with Crippen LogP contribution in [0.5, 0.6) is 0 Å². The van der Waals surface area contributed by atoms with E-state index in [1.165, 1.54) is 30.5 Å². The largest absolute Gasteiger partial charge is 0.488 e. The molecule has 2 saturated heterocycles. The third-order valence-corrected chi connectivity index (χ3v) is 11.7. The fraction of sp³-hybridized carbons (Fsp3) is 0.370. The van der Waals surface area contributed by atoms with Crippen LogP contribution in [0.1, 0.15) is 28.6 Å². The van der Waals surface area contributed by atoms with Gasteiger partial charge in [0, 0.05) is 25.7 Å². The molecular weight excluding hydrogens is 683 g/mol. The Balaban J connectivity index is 1.27. The van der Waals surface area contributed by atoms with Gasteiger partial charge in [-0.25, -0.2) is 23.0 Å². The molecule has 20 heteroatoms. The van der Waals surface area contributed by atoms with E-state index in [2.05, 4.69) is 13.6 Å². The molecule has 0 aliphatic carbocycles. The van der Waals surface area contributed by atoms with Crippen LogP contribution in [0.3, 0.4) is 0 Å². The highest BCUT2D eigenvalue weighted by molar-refractivity contribution is 7.68. The third kappa shape index (κ3) is 9.99. The van der Waals surface area contributed by atoms with Crippen LogP contribution >= 0.6 is 23.2 Å². The Morgan fingerprint density at radius 3 is 2.23 bits per heavy atom. The summed E-state index contributed by atoms with van der Waals surface area (Å²) in [4.78, 5) is 62.1. The number of aromatic nitrogens is 2. The van der Waals surface area contributed by atoms with Crippen LogP contribution in [0.15, 0.2) is 77.7 Å².